The number of ether oxygens (including phenoxy) is 1. The van der Waals surface area contributed by atoms with Gasteiger partial charge < -0.3 is 14.6 Å². The van der Waals surface area contributed by atoms with Gasteiger partial charge in [-0.05, 0) is 13.8 Å². The van der Waals surface area contributed by atoms with Crippen LogP contribution in [0.5, 0.6) is 0 Å². The lowest BCUT2D eigenvalue weighted by Gasteiger charge is -2.09. The van der Waals surface area contributed by atoms with Crippen LogP contribution in [-0.4, -0.2) is 24.9 Å². The molecule has 2 aromatic rings. The summed E-state index contributed by atoms with van der Waals surface area (Å²) in [6.45, 7) is 6.31. The monoisotopic (exact) mass is 260 g/mol. The highest BCUT2D eigenvalue weighted by atomic mass is 16.5. The molecule has 0 saturated carbocycles. The van der Waals surface area contributed by atoms with Gasteiger partial charge in [0.15, 0.2) is 5.76 Å². The average molecular weight is 260 g/mol. The molecule has 0 aliphatic heterocycles. The number of benzene rings is 1. The summed E-state index contributed by atoms with van der Waals surface area (Å²) in [6, 6.07) is 12.1. The smallest absolute Gasteiger partial charge is 0.153 e. The molecule has 0 amide bonds. The third-order valence-corrected chi connectivity index (χ3v) is 2.93. The summed E-state index contributed by atoms with van der Waals surface area (Å²) in [5, 5.41) is 7.45. The third kappa shape index (κ3) is 3.91. The van der Waals surface area contributed by atoms with E-state index in [1.807, 2.05) is 43.3 Å². The second-order valence-electron chi connectivity index (χ2n) is 4.35. The van der Waals surface area contributed by atoms with Crippen molar-refractivity contribution in [3.05, 3.63) is 42.2 Å². The summed E-state index contributed by atoms with van der Waals surface area (Å²) in [5.74, 6) is 0.843. The Labute approximate surface area is 113 Å². The van der Waals surface area contributed by atoms with Gasteiger partial charge in [0.25, 0.3) is 0 Å². The predicted molar refractivity (Wildman–Crippen MR) is 74.8 cm³/mol. The molecule has 1 heterocycles. The maximum Gasteiger partial charge on any atom is 0.153 e. The molecule has 1 N–H and O–H groups in total. The molecule has 4 nitrogen and oxygen atoms in total. The number of hydrogen-bond acceptors (Lipinski definition) is 4. The van der Waals surface area contributed by atoms with Crippen molar-refractivity contribution < 1.29 is 9.26 Å². The Bertz CT molecular complexity index is 482. The van der Waals surface area contributed by atoms with E-state index >= 15 is 0 Å². The zero-order valence-corrected chi connectivity index (χ0v) is 11.4. The Kier molecular flexibility index (Phi) is 5.12. The molecule has 102 valence electrons. The topological polar surface area (TPSA) is 47.3 Å². The van der Waals surface area contributed by atoms with Crippen LogP contribution < -0.4 is 5.32 Å². The summed E-state index contributed by atoms with van der Waals surface area (Å²) in [6.07, 6.45) is 0. The SMILES string of the molecule is CCOCCNC(C)c1cc(-c2ccccc2)no1. The molecule has 0 fully saturated rings. The Morgan fingerprint density at radius 1 is 1.32 bits per heavy atom. The van der Waals surface area contributed by atoms with E-state index in [9.17, 15) is 0 Å². The summed E-state index contributed by atoms with van der Waals surface area (Å²) in [5.41, 5.74) is 1.94. The van der Waals surface area contributed by atoms with Crippen molar-refractivity contribution in [2.24, 2.45) is 0 Å². The lowest BCUT2D eigenvalue weighted by atomic mass is 10.1. The first-order valence-electron chi connectivity index (χ1n) is 6.64. The fourth-order valence-electron chi connectivity index (χ4n) is 1.83. The van der Waals surface area contributed by atoms with Crippen molar-refractivity contribution in [2.75, 3.05) is 19.8 Å². The van der Waals surface area contributed by atoms with E-state index in [-0.39, 0.29) is 6.04 Å². The van der Waals surface area contributed by atoms with Gasteiger partial charge in [-0.1, -0.05) is 35.5 Å². The van der Waals surface area contributed by atoms with Gasteiger partial charge in [0.1, 0.15) is 5.69 Å². The molecule has 0 spiro atoms. The molecule has 1 atom stereocenters. The van der Waals surface area contributed by atoms with Gasteiger partial charge in [0, 0.05) is 24.8 Å². The highest BCUT2D eigenvalue weighted by molar-refractivity contribution is 5.58. The standard InChI is InChI=1S/C15H20N2O2/c1-3-18-10-9-16-12(2)15-11-14(17-19-15)13-7-5-4-6-8-13/h4-8,11-12,16H,3,9-10H2,1-2H3. The number of hydrogen-bond donors (Lipinski definition) is 1. The molecule has 1 aromatic carbocycles. The van der Waals surface area contributed by atoms with Crippen molar-refractivity contribution in [3.8, 4) is 11.3 Å². The first-order valence-corrected chi connectivity index (χ1v) is 6.64. The number of nitrogens with zero attached hydrogens (tertiary/aromatic N) is 1. The zero-order valence-electron chi connectivity index (χ0n) is 11.4. The fourth-order valence-corrected chi connectivity index (χ4v) is 1.83. The molecule has 0 aliphatic carbocycles. The van der Waals surface area contributed by atoms with Crippen molar-refractivity contribution >= 4 is 0 Å². The van der Waals surface area contributed by atoms with Crippen LogP contribution in [0, 0.1) is 0 Å². The Morgan fingerprint density at radius 2 is 2.11 bits per heavy atom. The third-order valence-electron chi connectivity index (χ3n) is 2.93. The minimum absolute atomic E-state index is 0.130. The molecular formula is C15H20N2O2. The molecule has 0 saturated heterocycles. The predicted octanol–water partition coefficient (Wildman–Crippen LogP) is 3.03. The molecule has 0 radical (unpaired) electrons. The van der Waals surface area contributed by atoms with Gasteiger partial charge in [-0.2, -0.15) is 0 Å². The highest BCUT2D eigenvalue weighted by Crippen LogP contribution is 2.21. The molecule has 0 aliphatic rings. The molecular weight excluding hydrogens is 240 g/mol. The highest BCUT2D eigenvalue weighted by Gasteiger charge is 2.12. The second kappa shape index (κ2) is 7.07. The van der Waals surface area contributed by atoms with E-state index in [2.05, 4.69) is 17.4 Å². The fraction of sp³-hybridized carbons (Fsp3) is 0.400. The van der Waals surface area contributed by atoms with Crippen LogP contribution in [0.15, 0.2) is 40.9 Å². The summed E-state index contributed by atoms with van der Waals surface area (Å²) in [7, 11) is 0. The summed E-state index contributed by atoms with van der Waals surface area (Å²) < 4.78 is 10.7. The minimum atomic E-state index is 0.130. The van der Waals surface area contributed by atoms with E-state index in [0.717, 1.165) is 30.2 Å². The van der Waals surface area contributed by atoms with Gasteiger partial charge >= 0.3 is 0 Å². The molecule has 4 heteroatoms. The zero-order chi connectivity index (χ0) is 13.5. The van der Waals surface area contributed by atoms with Crippen molar-refractivity contribution in [2.45, 2.75) is 19.9 Å². The van der Waals surface area contributed by atoms with E-state index in [0.29, 0.717) is 6.61 Å². The van der Waals surface area contributed by atoms with Crippen molar-refractivity contribution in [1.29, 1.82) is 0 Å². The second-order valence-corrected chi connectivity index (χ2v) is 4.35. The first-order chi connectivity index (χ1) is 9.31. The molecule has 1 unspecified atom stereocenters. The van der Waals surface area contributed by atoms with E-state index in [1.54, 1.807) is 0 Å². The molecule has 2 rings (SSSR count). The van der Waals surface area contributed by atoms with Gasteiger partial charge in [-0.15, -0.1) is 0 Å². The van der Waals surface area contributed by atoms with Gasteiger partial charge in [-0.25, -0.2) is 0 Å². The lowest BCUT2D eigenvalue weighted by molar-refractivity contribution is 0.146. The maximum atomic E-state index is 5.38. The summed E-state index contributed by atoms with van der Waals surface area (Å²) in [4.78, 5) is 0. The van der Waals surface area contributed by atoms with E-state index in [4.69, 9.17) is 9.26 Å². The summed E-state index contributed by atoms with van der Waals surface area (Å²) >= 11 is 0. The number of aromatic nitrogens is 1. The van der Waals surface area contributed by atoms with Gasteiger partial charge in [0.05, 0.1) is 12.6 Å². The Morgan fingerprint density at radius 3 is 2.84 bits per heavy atom. The largest absolute Gasteiger partial charge is 0.380 e. The Hall–Kier alpha value is -1.65. The van der Waals surface area contributed by atoms with Gasteiger partial charge in [-0.3, -0.25) is 0 Å². The molecule has 1 aromatic heterocycles. The van der Waals surface area contributed by atoms with Crippen molar-refractivity contribution in [3.63, 3.8) is 0 Å². The van der Waals surface area contributed by atoms with Crippen LogP contribution in [-0.2, 0) is 4.74 Å². The van der Waals surface area contributed by atoms with Crippen LogP contribution in [0.25, 0.3) is 11.3 Å². The lowest BCUT2D eigenvalue weighted by Crippen LogP contribution is -2.22. The van der Waals surface area contributed by atoms with Crippen molar-refractivity contribution in [1.82, 2.24) is 10.5 Å². The van der Waals surface area contributed by atoms with E-state index < -0.39 is 0 Å². The Balaban J connectivity index is 1.93. The van der Waals surface area contributed by atoms with Crippen LogP contribution in [0.2, 0.25) is 0 Å². The number of nitrogens with one attached hydrogen (secondary N) is 1. The minimum Gasteiger partial charge on any atom is -0.380 e. The number of rotatable bonds is 7. The van der Waals surface area contributed by atoms with Crippen LogP contribution in [0.3, 0.4) is 0 Å². The van der Waals surface area contributed by atoms with Crippen LogP contribution in [0.1, 0.15) is 25.6 Å². The molecule has 19 heavy (non-hydrogen) atoms. The normalized spacial score (nSPS) is 12.5. The maximum absolute atomic E-state index is 5.38. The van der Waals surface area contributed by atoms with Gasteiger partial charge in [0.2, 0.25) is 0 Å². The average Bonchev–Trinajstić information content (AvgIpc) is 2.94. The van der Waals surface area contributed by atoms with Crippen LogP contribution >= 0.6 is 0 Å². The molecule has 0 bridgehead atoms. The quantitative estimate of drug-likeness (QED) is 0.777. The first kappa shape index (κ1) is 13.8. The van der Waals surface area contributed by atoms with E-state index in [1.165, 1.54) is 0 Å². The van der Waals surface area contributed by atoms with Crippen LogP contribution in [0.4, 0.5) is 0 Å².